The van der Waals surface area contributed by atoms with E-state index >= 15 is 0 Å². The van der Waals surface area contributed by atoms with E-state index in [9.17, 15) is 19.2 Å². The minimum atomic E-state index is -2.06. The van der Waals surface area contributed by atoms with Gasteiger partial charge in [0.05, 0.1) is 14.2 Å². The highest BCUT2D eigenvalue weighted by Gasteiger charge is 2.74. The number of rotatable bonds is 3. The topological polar surface area (TPSA) is 86.7 Å². The first-order chi connectivity index (χ1) is 14.2. The largest absolute Gasteiger partial charge is 0.468 e. The number of ketones is 2. The van der Waals surface area contributed by atoms with Crippen LogP contribution in [0.4, 0.5) is 0 Å². The first kappa shape index (κ1) is 20.9. The number of esters is 2. The molecule has 0 saturated carbocycles. The summed E-state index contributed by atoms with van der Waals surface area (Å²) in [5, 5.41) is 0. The standard InChI is InChI=1S/C22H16Br2O6/c1-29-19(27)21(9-11-7-13(23)3-5-15(11)17(21)25)22(20(28)30-2)10-12-8-14(24)4-6-16(12)18(22)26/h3-8H,9-10H2,1-2H3/t21-,22-/m0/s1. The van der Waals surface area contributed by atoms with Crippen molar-refractivity contribution in [1.29, 1.82) is 0 Å². The molecule has 2 aliphatic carbocycles. The van der Waals surface area contributed by atoms with Crippen LogP contribution in [0.3, 0.4) is 0 Å². The molecule has 4 rings (SSSR count). The van der Waals surface area contributed by atoms with Crippen LogP contribution in [0.1, 0.15) is 31.8 Å². The van der Waals surface area contributed by atoms with Crippen molar-refractivity contribution in [2.75, 3.05) is 14.2 Å². The Morgan fingerprint density at radius 2 is 1.13 bits per heavy atom. The van der Waals surface area contributed by atoms with Gasteiger partial charge in [0.2, 0.25) is 0 Å². The van der Waals surface area contributed by atoms with Crippen molar-refractivity contribution in [2.45, 2.75) is 12.8 Å². The van der Waals surface area contributed by atoms with Crippen LogP contribution in [0.2, 0.25) is 0 Å². The SMILES string of the molecule is COC(=O)[C@]1([C@@]2(C(=O)OC)Cc3cc(Br)ccc3C2=O)Cc2cc(Br)ccc2C1=O. The summed E-state index contributed by atoms with van der Waals surface area (Å²) in [5.41, 5.74) is -2.41. The van der Waals surface area contributed by atoms with Gasteiger partial charge in [0.1, 0.15) is 0 Å². The Kier molecular flexibility index (Phi) is 4.97. The monoisotopic (exact) mass is 534 g/mol. The van der Waals surface area contributed by atoms with Gasteiger partial charge in [0, 0.05) is 20.1 Å². The van der Waals surface area contributed by atoms with Crippen LogP contribution < -0.4 is 0 Å². The Morgan fingerprint density at radius 3 is 1.47 bits per heavy atom. The highest BCUT2D eigenvalue weighted by Crippen LogP contribution is 2.57. The van der Waals surface area contributed by atoms with E-state index in [1.807, 2.05) is 0 Å². The number of ether oxygens (including phenoxy) is 2. The number of Topliss-reactive ketones (excluding diaryl/α,β-unsaturated/α-hetero) is 2. The normalized spacial score (nSPS) is 24.4. The van der Waals surface area contributed by atoms with Gasteiger partial charge < -0.3 is 9.47 Å². The first-order valence-electron chi connectivity index (χ1n) is 9.06. The van der Waals surface area contributed by atoms with Gasteiger partial charge in [-0.2, -0.15) is 0 Å². The van der Waals surface area contributed by atoms with Gasteiger partial charge in [0.15, 0.2) is 22.4 Å². The molecule has 8 heteroatoms. The van der Waals surface area contributed by atoms with E-state index in [0.717, 1.165) is 14.2 Å². The second-order valence-electron chi connectivity index (χ2n) is 7.41. The maximum atomic E-state index is 13.7. The molecule has 154 valence electrons. The van der Waals surface area contributed by atoms with Gasteiger partial charge in [-0.1, -0.05) is 31.9 Å². The van der Waals surface area contributed by atoms with Crippen molar-refractivity contribution in [3.05, 3.63) is 67.6 Å². The molecular weight excluding hydrogens is 520 g/mol. The molecule has 0 aromatic heterocycles. The van der Waals surface area contributed by atoms with Crippen LogP contribution in [-0.2, 0) is 31.9 Å². The van der Waals surface area contributed by atoms with Crippen LogP contribution in [-0.4, -0.2) is 37.7 Å². The van der Waals surface area contributed by atoms with Crippen LogP contribution in [0, 0.1) is 10.8 Å². The average Bonchev–Trinajstić information content (AvgIpc) is 3.19. The molecule has 0 amide bonds. The molecule has 2 aromatic rings. The Balaban J connectivity index is 2.03. The lowest BCUT2D eigenvalue weighted by Gasteiger charge is -2.39. The van der Waals surface area contributed by atoms with Gasteiger partial charge in [0.25, 0.3) is 0 Å². The average molecular weight is 536 g/mol. The van der Waals surface area contributed by atoms with Crippen LogP contribution >= 0.6 is 31.9 Å². The second kappa shape index (κ2) is 7.13. The fraction of sp³-hybridized carbons (Fsp3) is 0.273. The van der Waals surface area contributed by atoms with Crippen molar-refractivity contribution in [2.24, 2.45) is 10.8 Å². The Hall–Kier alpha value is -2.32. The zero-order valence-electron chi connectivity index (χ0n) is 16.1. The predicted molar refractivity (Wildman–Crippen MR) is 113 cm³/mol. The molecule has 0 fully saturated rings. The van der Waals surface area contributed by atoms with E-state index in [4.69, 9.17) is 9.47 Å². The number of hydrogen-bond donors (Lipinski definition) is 0. The molecular formula is C22H16Br2O6. The van der Waals surface area contributed by atoms with E-state index < -0.39 is 34.3 Å². The van der Waals surface area contributed by atoms with Crippen molar-refractivity contribution >= 4 is 55.4 Å². The van der Waals surface area contributed by atoms with Gasteiger partial charge >= 0.3 is 11.9 Å². The third-order valence-electron chi connectivity index (χ3n) is 6.11. The summed E-state index contributed by atoms with van der Waals surface area (Å²) in [7, 11) is 2.29. The smallest absolute Gasteiger partial charge is 0.321 e. The van der Waals surface area contributed by atoms with E-state index in [1.165, 1.54) is 0 Å². The molecule has 0 saturated heterocycles. The number of methoxy groups -OCH3 is 2. The summed E-state index contributed by atoms with van der Waals surface area (Å²) in [5.74, 6) is -3.07. The third-order valence-corrected chi connectivity index (χ3v) is 7.09. The summed E-state index contributed by atoms with van der Waals surface area (Å²) in [6.07, 6.45) is -0.271. The maximum Gasteiger partial charge on any atom is 0.321 e. The number of benzene rings is 2. The second-order valence-corrected chi connectivity index (χ2v) is 9.24. The lowest BCUT2D eigenvalue weighted by atomic mass is 9.58. The fourth-order valence-electron chi connectivity index (χ4n) is 4.77. The van der Waals surface area contributed by atoms with Gasteiger partial charge in [-0.3, -0.25) is 19.2 Å². The number of hydrogen-bond acceptors (Lipinski definition) is 6. The van der Waals surface area contributed by atoms with Crippen molar-refractivity contribution < 1.29 is 28.7 Å². The molecule has 0 unspecified atom stereocenters. The summed E-state index contributed by atoms with van der Waals surface area (Å²) in [6.45, 7) is 0. The molecule has 6 nitrogen and oxygen atoms in total. The van der Waals surface area contributed by atoms with Crippen molar-refractivity contribution in [1.82, 2.24) is 0 Å². The molecule has 2 aromatic carbocycles. The van der Waals surface area contributed by atoms with Crippen LogP contribution in [0.25, 0.3) is 0 Å². The Labute approximate surface area is 189 Å². The van der Waals surface area contributed by atoms with E-state index in [0.29, 0.717) is 20.1 Å². The first-order valence-corrected chi connectivity index (χ1v) is 10.6. The predicted octanol–water partition coefficient (Wildman–Crippen LogP) is 3.71. The molecule has 0 aliphatic heterocycles. The maximum absolute atomic E-state index is 13.7. The quantitative estimate of drug-likeness (QED) is 0.440. The molecule has 2 atom stereocenters. The Morgan fingerprint density at radius 1 is 0.767 bits per heavy atom. The van der Waals surface area contributed by atoms with Crippen molar-refractivity contribution in [3.63, 3.8) is 0 Å². The molecule has 0 bridgehead atoms. The lowest BCUT2D eigenvalue weighted by molar-refractivity contribution is -0.168. The van der Waals surface area contributed by atoms with Crippen LogP contribution in [0.5, 0.6) is 0 Å². The minimum Gasteiger partial charge on any atom is -0.468 e. The molecule has 0 spiro atoms. The highest BCUT2D eigenvalue weighted by atomic mass is 79.9. The number of carbonyl (C=O) groups is 4. The van der Waals surface area contributed by atoms with Gasteiger partial charge in [-0.25, -0.2) is 0 Å². The molecule has 0 radical (unpaired) electrons. The van der Waals surface area contributed by atoms with E-state index in [-0.39, 0.29) is 24.0 Å². The number of carbonyl (C=O) groups excluding carboxylic acids is 4. The lowest BCUT2D eigenvalue weighted by Crippen LogP contribution is -2.60. The van der Waals surface area contributed by atoms with E-state index in [1.54, 1.807) is 36.4 Å². The highest BCUT2D eigenvalue weighted by molar-refractivity contribution is 9.10. The summed E-state index contributed by atoms with van der Waals surface area (Å²) >= 11 is 6.74. The van der Waals surface area contributed by atoms with Crippen LogP contribution in [0.15, 0.2) is 45.3 Å². The fourth-order valence-corrected chi connectivity index (χ4v) is 5.58. The molecule has 0 heterocycles. The zero-order chi connectivity index (χ0) is 21.8. The molecule has 0 N–H and O–H groups in total. The van der Waals surface area contributed by atoms with Gasteiger partial charge in [-0.15, -0.1) is 0 Å². The Bertz CT molecular complexity index is 1050. The number of fused-ring (bicyclic) bond motifs is 2. The molecule has 2 aliphatic rings. The minimum absolute atomic E-state index is 0.136. The zero-order valence-corrected chi connectivity index (χ0v) is 19.3. The summed E-state index contributed by atoms with van der Waals surface area (Å²) in [6, 6.07) is 9.95. The van der Waals surface area contributed by atoms with Gasteiger partial charge in [-0.05, 0) is 60.4 Å². The number of halogens is 2. The third kappa shape index (κ3) is 2.53. The summed E-state index contributed by atoms with van der Waals surface area (Å²) in [4.78, 5) is 53.9. The van der Waals surface area contributed by atoms with Crippen molar-refractivity contribution in [3.8, 4) is 0 Å². The molecule has 30 heavy (non-hydrogen) atoms. The van der Waals surface area contributed by atoms with E-state index in [2.05, 4.69) is 31.9 Å². The summed E-state index contributed by atoms with van der Waals surface area (Å²) < 4.78 is 11.5.